The molecule has 0 radical (unpaired) electrons. The molecule has 19 heavy (non-hydrogen) atoms. The highest BCUT2D eigenvalue weighted by molar-refractivity contribution is 6.04. The topological polar surface area (TPSA) is 40.6 Å². The van der Waals surface area contributed by atoms with Crippen molar-refractivity contribution < 1.29 is 9.59 Å². The molecular weight excluding hydrogens is 240 g/mol. The summed E-state index contributed by atoms with van der Waals surface area (Å²) in [5.74, 6) is -0.0275. The molecule has 1 rings (SSSR count). The molecule has 110 valence electrons. The minimum absolute atomic E-state index is 0.00722. The van der Waals surface area contributed by atoms with Crippen LogP contribution < -0.4 is 0 Å². The van der Waals surface area contributed by atoms with E-state index in [1.165, 1.54) is 0 Å². The predicted octanol–water partition coefficient (Wildman–Crippen LogP) is 2.28. The first-order valence-corrected chi connectivity index (χ1v) is 7.53. The van der Waals surface area contributed by atoms with Crippen LogP contribution in [0, 0.1) is 5.41 Å². The lowest BCUT2D eigenvalue weighted by Crippen LogP contribution is -2.50. The number of amides is 2. The Balaban J connectivity index is 2.77. The van der Waals surface area contributed by atoms with E-state index >= 15 is 0 Å². The quantitative estimate of drug-likeness (QED) is 0.693. The lowest BCUT2D eigenvalue weighted by molar-refractivity contribution is -0.153. The summed E-state index contributed by atoms with van der Waals surface area (Å²) in [7, 11) is 0. The largest absolute Gasteiger partial charge is 0.342 e. The van der Waals surface area contributed by atoms with Gasteiger partial charge in [0.2, 0.25) is 11.8 Å². The molecule has 0 N–H and O–H groups in total. The Hall–Kier alpha value is -1.06. The molecule has 1 fully saturated rings. The first-order chi connectivity index (χ1) is 8.95. The summed E-state index contributed by atoms with van der Waals surface area (Å²) in [5, 5.41) is 0. The van der Waals surface area contributed by atoms with E-state index in [0.717, 1.165) is 51.9 Å². The van der Waals surface area contributed by atoms with Crippen molar-refractivity contribution in [1.82, 2.24) is 9.80 Å². The van der Waals surface area contributed by atoms with E-state index in [4.69, 9.17) is 0 Å². The van der Waals surface area contributed by atoms with Gasteiger partial charge in [-0.3, -0.25) is 9.59 Å². The average molecular weight is 268 g/mol. The molecule has 0 bridgehead atoms. The standard InChI is InChI=1S/C15H28N2O2/c1-5-9-16(10-6-2)13(18)15(3,4)14(19)17-11-7-8-12-17/h5-12H2,1-4H3. The second-order valence-electron chi connectivity index (χ2n) is 5.92. The molecule has 4 nitrogen and oxygen atoms in total. The lowest BCUT2D eigenvalue weighted by atomic mass is 9.89. The van der Waals surface area contributed by atoms with Crippen molar-refractivity contribution in [1.29, 1.82) is 0 Å². The van der Waals surface area contributed by atoms with Gasteiger partial charge < -0.3 is 9.80 Å². The molecule has 0 aromatic rings. The monoisotopic (exact) mass is 268 g/mol. The van der Waals surface area contributed by atoms with E-state index < -0.39 is 5.41 Å². The van der Waals surface area contributed by atoms with Crippen molar-refractivity contribution in [3.63, 3.8) is 0 Å². The van der Waals surface area contributed by atoms with E-state index in [1.807, 2.05) is 9.80 Å². The van der Waals surface area contributed by atoms with Crippen molar-refractivity contribution in [3.05, 3.63) is 0 Å². The lowest BCUT2D eigenvalue weighted by Gasteiger charge is -2.33. The molecule has 4 heteroatoms. The molecular formula is C15H28N2O2. The zero-order chi connectivity index (χ0) is 14.5. The van der Waals surface area contributed by atoms with Crippen LogP contribution in [0.15, 0.2) is 0 Å². The minimum Gasteiger partial charge on any atom is -0.342 e. The van der Waals surface area contributed by atoms with Crippen LogP contribution in [0.1, 0.15) is 53.4 Å². The third-order valence-electron chi connectivity index (χ3n) is 3.74. The van der Waals surface area contributed by atoms with Crippen molar-refractivity contribution in [2.75, 3.05) is 26.2 Å². The molecule has 0 aromatic carbocycles. The molecule has 0 unspecified atom stereocenters. The van der Waals surface area contributed by atoms with Crippen LogP contribution in [0.3, 0.4) is 0 Å². The maximum absolute atomic E-state index is 12.6. The summed E-state index contributed by atoms with van der Waals surface area (Å²) < 4.78 is 0. The van der Waals surface area contributed by atoms with Crippen molar-refractivity contribution in [2.45, 2.75) is 53.4 Å². The Labute approximate surface area is 117 Å². The summed E-state index contributed by atoms with van der Waals surface area (Å²) in [5.41, 5.74) is -0.922. The highest BCUT2D eigenvalue weighted by Crippen LogP contribution is 2.25. The molecule has 0 aromatic heterocycles. The summed E-state index contributed by atoms with van der Waals surface area (Å²) in [4.78, 5) is 28.8. The number of rotatable bonds is 6. The van der Waals surface area contributed by atoms with Crippen LogP contribution in [0.25, 0.3) is 0 Å². The maximum atomic E-state index is 12.6. The Morgan fingerprint density at radius 1 is 1.05 bits per heavy atom. The van der Waals surface area contributed by atoms with Crippen molar-refractivity contribution >= 4 is 11.8 Å². The van der Waals surface area contributed by atoms with E-state index in [2.05, 4.69) is 13.8 Å². The fourth-order valence-electron chi connectivity index (χ4n) is 2.66. The molecule has 1 saturated heterocycles. The molecule has 1 aliphatic heterocycles. The average Bonchev–Trinajstić information content (AvgIpc) is 2.90. The zero-order valence-corrected chi connectivity index (χ0v) is 12.9. The smallest absolute Gasteiger partial charge is 0.237 e. The van der Waals surface area contributed by atoms with Gasteiger partial charge in [-0.05, 0) is 39.5 Å². The van der Waals surface area contributed by atoms with Gasteiger partial charge >= 0.3 is 0 Å². The third-order valence-corrected chi connectivity index (χ3v) is 3.74. The van der Waals surface area contributed by atoms with Gasteiger partial charge in [-0.25, -0.2) is 0 Å². The van der Waals surface area contributed by atoms with Gasteiger partial charge in [-0.1, -0.05) is 13.8 Å². The van der Waals surface area contributed by atoms with E-state index in [1.54, 1.807) is 13.8 Å². The molecule has 0 spiro atoms. The van der Waals surface area contributed by atoms with Gasteiger partial charge in [-0.2, -0.15) is 0 Å². The molecule has 0 saturated carbocycles. The predicted molar refractivity (Wildman–Crippen MR) is 76.8 cm³/mol. The Morgan fingerprint density at radius 3 is 1.95 bits per heavy atom. The maximum Gasteiger partial charge on any atom is 0.237 e. The fraction of sp³-hybridized carbons (Fsp3) is 0.867. The second kappa shape index (κ2) is 6.92. The SMILES string of the molecule is CCCN(CCC)C(=O)C(C)(C)C(=O)N1CCCC1. The fourth-order valence-corrected chi connectivity index (χ4v) is 2.66. The first kappa shape index (κ1) is 16.0. The van der Waals surface area contributed by atoms with Crippen LogP contribution in [0.5, 0.6) is 0 Å². The van der Waals surface area contributed by atoms with Crippen LogP contribution in [-0.2, 0) is 9.59 Å². The van der Waals surface area contributed by atoms with E-state index in [9.17, 15) is 9.59 Å². The molecule has 0 atom stereocenters. The van der Waals surface area contributed by atoms with Gasteiger partial charge in [0.1, 0.15) is 5.41 Å². The summed E-state index contributed by atoms with van der Waals surface area (Å²) in [6.45, 7) is 10.8. The number of hydrogen-bond acceptors (Lipinski definition) is 2. The van der Waals surface area contributed by atoms with Crippen LogP contribution in [0.2, 0.25) is 0 Å². The van der Waals surface area contributed by atoms with Gasteiger partial charge in [0, 0.05) is 26.2 Å². The molecule has 1 heterocycles. The number of hydrogen-bond donors (Lipinski definition) is 0. The number of likely N-dealkylation sites (tertiary alicyclic amines) is 1. The summed E-state index contributed by atoms with van der Waals surface area (Å²) >= 11 is 0. The normalized spacial score (nSPS) is 15.7. The zero-order valence-electron chi connectivity index (χ0n) is 12.9. The number of nitrogens with zero attached hydrogens (tertiary/aromatic N) is 2. The number of carbonyl (C=O) groups is 2. The summed E-state index contributed by atoms with van der Waals surface area (Å²) in [6.07, 6.45) is 3.98. The van der Waals surface area contributed by atoms with Gasteiger partial charge in [0.15, 0.2) is 0 Å². The Morgan fingerprint density at radius 2 is 1.53 bits per heavy atom. The highest BCUT2D eigenvalue weighted by Gasteiger charge is 2.41. The summed E-state index contributed by atoms with van der Waals surface area (Å²) in [6, 6.07) is 0. The Kier molecular flexibility index (Phi) is 5.83. The van der Waals surface area contributed by atoms with Gasteiger partial charge in [0.25, 0.3) is 0 Å². The molecule has 2 amide bonds. The minimum atomic E-state index is -0.922. The van der Waals surface area contributed by atoms with Crippen LogP contribution in [0.4, 0.5) is 0 Å². The van der Waals surface area contributed by atoms with Crippen LogP contribution >= 0.6 is 0 Å². The highest BCUT2D eigenvalue weighted by atomic mass is 16.2. The van der Waals surface area contributed by atoms with Crippen molar-refractivity contribution in [2.24, 2.45) is 5.41 Å². The van der Waals surface area contributed by atoms with Crippen LogP contribution in [-0.4, -0.2) is 47.8 Å². The van der Waals surface area contributed by atoms with Gasteiger partial charge in [0.05, 0.1) is 0 Å². The van der Waals surface area contributed by atoms with Crippen molar-refractivity contribution in [3.8, 4) is 0 Å². The third kappa shape index (κ3) is 3.71. The van der Waals surface area contributed by atoms with Gasteiger partial charge in [-0.15, -0.1) is 0 Å². The van der Waals surface area contributed by atoms with E-state index in [-0.39, 0.29) is 11.8 Å². The number of carbonyl (C=O) groups excluding carboxylic acids is 2. The molecule has 1 aliphatic rings. The Bertz CT molecular complexity index is 314. The van der Waals surface area contributed by atoms with E-state index in [0.29, 0.717) is 0 Å². The molecule has 0 aliphatic carbocycles. The second-order valence-corrected chi connectivity index (χ2v) is 5.92. The first-order valence-electron chi connectivity index (χ1n) is 7.53.